The van der Waals surface area contributed by atoms with Crippen LogP contribution in [0, 0.1) is 18.7 Å². The maximum absolute atomic E-state index is 13.6. The van der Waals surface area contributed by atoms with Crippen LogP contribution in [0.25, 0.3) is 0 Å². The van der Waals surface area contributed by atoms with E-state index in [4.69, 9.17) is 0 Å². The van der Waals surface area contributed by atoms with Crippen LogP contribution in [-0.4, -0.2) is 10.2 Å². The van der Waals surface area contributed by atoms with Gasteiger partial charge in [0, 0.05) is 6.42 Å². The van der Waals surface area contributed by atoms with Crippen molar-refractivity contribution >= 4 is 16.5 Å². The molecule has 0 aliphatic heterocycles. The van der Waals surface area contributed by atoms with Gasteiger partial charge in [-0.1, -0.05) is 37.3 Å². The van der Waals surface area contributed by atoms with Crippen LogP contribution in [0.3, 0.4) is 0 Å². The summed E-state index contributed by atoms with van der Waals surface area (Å²) in [4.78, 5) is 0. The van der Waals surface area contributed by atoms with Gasteiger partial charge in [0.1, 0.15) is 10.8 Å². The maximum Gasteiger partial charge on any atom is 0.206 e. The summed E-state index contributed by atoms with van der Waals surface area (Å²) >= 11 is 1.56. The first-order valence-corrected chi connectivity index (χ1v) is 7.62. The number of anilines is 1. The summed E-state index contributed by atoms with van der Waals surface area (Å²) in [6.07, 6.45) is 0.937. The molecule has 1 aromatic heterocycles. The zero-order chi connectivity index (χ0) is 14.7. The van der Waals surface area contributed by atoms with E-state index < -0.39 is 0 Å². The molecule has 0 fully saturated rings. The highest BCUT2D eigenvalue weighted by Crippen LogP contribution is 2.24. The fourth-order valence-electron chi connectivity index (χ4n) is 1.89. The van der Waals surface area contributed by atoms with E-state index in [-0.39, 0.29) is 11.9 Å². The molecule has 0 saturated carbocycles. The van der Waals surface area contributed by atoms with E-state index >= 15 is 0 Å². The number of nitrogens with one attached hydrogen (secondary N) is 1. The lowest BCUT2D eigenvalue weighted by Gasteiger charge is -2.13. The van der Waals surface area contributed by atoms with Crippen LogP contribution in [0.5, 0.6) is 0 Å². The number of halogens is 1. The molecule has 108 valence electrons. The number of rotatable bonds is 5. The van der Waals surface area contributed by atoms with Crippen LogP contribution < -0.4 is 5.32 Å². The molecule has 0 amide bonds. The Morgan fingerprint density at radius 3 is 2.65 bits per heavy atom. The number of aromatic nitrogens is 2. The van der Waals surface area contributed by atoms with Gasteiger partial charge in [-0.3, -0.25) is 0 Å². The van der Waals surface area contributed by atoms with Gasteiger partial charge in [-0.25, -0.2) is 4.39 Å². The Bertz CT molecular complexity index is 580. The molecule has 2 aromatic rings. The summed E-state index contributed by atoms with van der Waals surface area (Å²) in [6, 6.07) is 5.31. The lowest BCUT2D eigenvalue weighted by atomic mass is 10.1. The summed E-state index contributed by atoms with van der Waals surface area (Å²) in [7, 11) is 0. The van der Waals surface area contributed by atoms with E-state index in [0.717, 1.165) is 22.1 Å². The molecule has 0 bridgehead atoms. The van der Waals surface area contributed by atoms with E-state index in [0.29, 0.717) is 11.5 Å². The number of hydrogen-bond acceptors (Lipinski definition) is 4. The second-order valence-electron chi connectivity index (χ2n) is 5.47. The third-order valence-electron chi connectivity index (χ3n) is 3.09. The molecule has 0 saturated heterocycles. The van der Waals surface area contributed by atoms with E-state index in [1.807, 2.05) is 13.0 Å². The Balaban J connectivity index is 2.05. The molecule has 5 heteroatoms. The fourth-order valence-corrected chi connectivity index (χ4v) is 2.93. The zero-order valence-electron chi connectivity index (χ0n) is 12.3. The average molecular weight is 293 g/mol. The van der Waals surface area contributed by atoms with Crippen molar-refractivity contribution in [3.05, 3.63) is 40.2 Å². The standard InChI is InChI=1S/C15H20FN3S/c1-9(2)7-14-18-19-15(20-14)17-11(4)12-6-5-10(3)13(16)8-12/h5-6,8-9,11H,7H2,1-4H3,(H,17,19). The average Bonchev–Trinajstić information content (AvgIpc) is 2.79. The topological polar surface area (TPSA) is 37.8 Å². The van der Waals surface area contributed by atoms with Crippen molar-refractivity contribution in [1.29, 1.82) is 0 Å². The van der Waals surface area contributed by atoms with Crippen molar-refractivity contribution in [1.82, 2.24) is 10.2 Å². The number of nitrogens with zero attached hydrogens (tertiary/aromatic N) is 2. The van der Waals surface area contributed by atoms with Gasteiger partial charge in [-0.2, -0.15) is 0 Å². The molecule has 1 N–H and O–H groups in total. The first-order valence-electron chi connectivity index (χ1n) is 6.80. The molecule has 1 heterocycles. The Kier molecular flexibility index (Phi) is 4.70. The molecule has 1 atom stereocenters. The summed E-state index contributed by atoms with van der Waals surface area (Å²) in [6.45, 7) is 8.08. The minimum atomic E-state index is -0.172. The van der Waals surface area contributed by atoms with Crippen LogP contribution in [0.2, 0.25) is 0 Å². The summed E-state index contributed by atoms with van der Waals surface area (Å²) in [5.74, 6) is 0.397. The molecular weight excluding hydrogens is 273 g/mol. The van der Waals surface area contributed by atoms with Gasteiger partial charge in [0.05, 0.1) is 6.04 Å². The van der Waals surface area contributed by atoms with Crippen molar-refractivity contribution in [3.63, 3.8) is 0 Å². The highest BCUT2D eigenvalue weighted by atomic mass is 32.1. The van der Waals surface area contributed by atoms with Crippen molar-refractivity contribution in [2.45, 2.75) is 40.2 Å². The van der Waals surface area contributed by atoms with E-state index in [9.17, 15) is 4.39 Å². The van der Waals surface area contributed by atoms with Gasteiger partial charge >= 0.3 is 0 Å². The minimum absolute atomic E-state index is 0.00458. The highest BCUT2D eigenvalue weighted by Gasteiger charge is 2.11. The first kappa shape index (κ1) is 14.9. The molecule has 0 radical (unpaired) electrons. The molecule has 1 aromatic carbocycles. The van der Waals surface area contributed by atoms with Crippen LogP contribution in [0.15, 0.2) is 18.2 Å². The summed E-state index contributed by atoms with van der Waals surface area (Å²) in [5, 5.41) is 13.4. The molecule has 2 rings (SSSR count). The third kappa shape index (κ3) is 3.76. The molecule has 0 aliphatic carbocycles. The quantitative estimate of drug-likeness (QED) is 0.890. The van der Waals surface area contributed by atoms with Crippen LogP contribution in [0.4, 0.5) is 9.52 Å². The third-order valence-corrected chi connectivity index (χ3v) is 3.96. The Morgan fingerprint density at radius 1 is 1.25 bits per heavy atom. The molecule has 0 aliphatic rings. The summed E-state index contributed by atoms with van der Waals surface area (Å²) < 4.78 is 13.6. The molecule has 3 nitrogen and oxygen atoms in total. The maximum atomic E-state index is 13.6. The fraction of sp³-hybridized carbons (Fsp3) is 0.467. The monoisotopic (exact) mass is 293 g/mol. The molecule has 20 heavy (non-hydrogen) atoms. The van der Waals surface area contributed by atoms with Gasteiger partial charge in [0.15, 0.2) is 0 Å². The Morgan fingerprint density at radius 2 is 2.00 bits per heavy atom. The number of benzene rings is 1. The predicted octanol–water partition coefficient (Wildman–Crippen LogP) is 4.36. The van der Waals surface area contributed by atoms with Gasteiger partial charge < -0.3 is 5.32 Å². The molecular formula is C15H20FN3S. The SMILES string of the molecule is Cc1ccc(C(C)Nc2nnc(CC(C)C)s2)cc1F. The van der Waals surface area contributed by atoms with E-state index in [1.165, 1.54) is 0 Å². The largest absolute Gasteiger partial charge is 0.354 e. The van der Waals surface area contributed by atoms with E-state index in [2.05, 4.69) is 29.4 Å². The lowest BCUT2D eigenvalue weighted by molar-refractivity contribution is 0.614. The van der Waals surface area contributed by atoms with Crippen LogP contribution in [0.1, 0.15) is 42.9 Å². The summed E-state index contributed by atoms with van der Waals surface area (Å²) in [5.41, 5.74) is 1.57. The van der Waals surface area contributed by atoms with Crippen LogP contribution >= 0.6 is 11.3 Å². The molecule has 1 unspecified atom stereocenters. The molecule has 0 spiro atoms. The smallest absolute Gasteiger partial charge is 0.206 e. The lowest BCUT2D eigenvalue weighted by Crippen LogP contribution is -2.06. The van der Waals surface area contributed by atoms with E-state index in [1.54, 1.807) is 30.4 Å². The zero-order valence-corrected chi connectivity index (χ0v) is 13.1. The number of hydrogen-bond donors (Lipinski definition) is 1. The normalized spacial score (nSPS) is 12.7. The van der Waals surface area contributed by atoms with Gasteiger partial charge in [0.25, 0.3) is 0 Å². The second kappa shape index (κ2) is 6.31. The van der Waals surface area contributed by atoms with Gasteiger partial charge in [0.2, 0.25) is 5.13 Å². The van der Waals surface area contributed by atoms with Crippen molar-refractivity contribution in [2.24, 2.45) is 5.92 Å². The first-order chi connectivity index (χ1) is 9.45. The second-order valence-corrected chi connectivity index (χ2v) is 6.54. The Labute approximate surface area is 123 Å². The van der Waals surface area contributed by atoms with Gasteiger partial charge in [-0.15, -0.1) is 10.2 Å². The minimum Gasteiger partial charge on any atom is -0.354 e. The van der Waals surface area contributed by atoms with Gasteiger partial charge in [-0.05, 0) is 37.0 Å². The van der Waals surface area contributed by atoms with Crippen molar-refractivity contribution in [2.75, 3.05) is 5.32 Å². The number of aryl methyl sites for hydroxylation is 1. The van der Waals surface area contributed by atoms with Crippen LogP contribution in [-0.2, 0) is 6.42 Å². The highest BCUT2D eigenvalue weighted by molar-refractivity contribution is 7.15. The predicted molar refractivity (Wildman–Crippen MR) is 81.6 cm³/mol. The Hall–Kier alpha value is -1.49. The van der Waals surface area contributed by atoms with Crippen molar-refractivity contribution in [3.8, 4) is 0 Å². The van der Waals surface area contributed by atoms with Crippen molar-refractivity contribution < 1.29 is 4.39 Å².